The Morgan fingerprint density at radius 2 is 0.797 bits per heavy atom. The van der Waals surface area contributed by atoms with Gasteiger partial charge in [0.15, 0.2) is 0 Å². The number of hydrogen-bond donors (Lipinski definition) is 6. The monoisotopic (exact) mass is 926 g/mol. The van der Waals surface area contributed by atoms with E-state index in [4.69, 9.17) is 9.47 Å². The average Bonchev–Trinajstić information content (AvgIpc) is 3.27. The summed E-state index contributed by atoms with van der Waals surface area (Å²) in [5.74, 6) is 1.38. The third-order valence-electron chi connectivity index (χ3n) is 9.43. The van der Waals surface area contributed by atoms with Crippen LogP contribution in [0.1, 0.15) is 11.1 Å². The molecule has 2 aliphatic heterocycles. The Labute approximate surface area is 413 Å². The zero-order valence-electron chi connectivity index (χ0n) is 34.8. The van der Waals surface area contributed by atoms with Gasteiger partial charge in [-0.25, -0.2) is 0 Å². The van der Waals surface area contributed by atoms with Gasteiger partial charge in [-0.05, 0) is 59.7 Å². The molecule has 322 valence electrons. The molecular formula is C40H40N12Na2O8S2. The van der Waals surface area contributed by atoms with Crippen molar-refractivity contribution in [2.45, 2.75) is 9.79 Å². The maximum absolute atomic E-state index is 12.7. The topological polar surface area (TPSA) is 259 Å². The molecule has 6 N–H and O–H groups in total. The van der Waals surface area contributed by atoms with E-state index < -0.39 is 30.0 Å². The first kappa shape index (κ1) is 48.6. The Kier molecular flexibility index (Phi) is 16.6. The van der Waals surface area contributed by atoms with Crippen LogP contribution >= 0.6 is 0 Å². The predicted molar refractivity (Wildman–Crippen MR) is 245 cm³/mol. The number of anilines is 10. The van der Waals surface area contributed by atoms with E-state index in [-0.39, 0.29) is 105 Å². The smallest absolute Gasteiger partial charge is 0.295 e. The number of benzene rings is 4. The molecule has 8 rings (SSSR count). The first-order chi connectivity index (χ1) is 29.9. The summed E-state index contributed by atoms with van der Waals surface area (Å²) in [7, 11) is -9.67. The van der Waals surface area contributed by atoms with E-state index >= 15 is 0 Å². The van der Waals surface area contributed by atoms with Crippen molar-refractivity contribution in [1.29, 1.82) is 0 Å². The van der Waals surface area contributed by atoms with Gasteiger partial charge in [-0.3, -0.25) is 9.11 Å². The van der Waals surface area contributed by atoms with Crippen molar-refractivity contribution in [1.82, 2.24) is 29.9 Å². The van der Waals surface area contributed by atoms with Gasteiger partial charge >= 0.3 is 0 Å². The summed E-state index contributed by atoms with van der Waals surface area (Å²) in [6.07, 6.45) is 2.60. The summed E-state index contributed by atoms with van der Waals surface area (Å²) in [5.41, 5.74) is 1.92. The van der Waals surface area contributed by atoms with Crippen LogP contribution in [0.3, 0.4) is 0 Å². The number of nitrogens with one attached hydrogen (secondary N) is 4. The van der Waals surface area contributed by atoms with Gasteiger partial charge in [0.1, 0.15) is 9.79 Å². The molecule has 6 aromatic rings. The van der Waals surface area contributed by atoms with Gasteiger partial charge in [-0.1, -0.05) is 60.7 Å². The zero-order chi connectivity index (χ0) is 43.1. The Morgan fingerprint density at radius 1 is 0.469 bits per heavy atom. The third-order valence-corrected chi connectivity index (χ3v) is 11.3. The van der Waals surface area contributed by atoms with Crippen LogP contribution < -0.4 is 31.1 Å². The van der Waals surface area contributed by atoms with Crippen LogP contribution in [-0.2, 0) is 29.7 Å². The minimum Gasteiger partial charge on any atom is -0.378 e. The largest absolute Gasteiger partial charge is 0.378 e. The molecule has 2 fully saturated rings. The molecule has 0 unspecified atom stereocenters. The summed E-state index contributed by atoms with van der Waals surface area (Å²) in [5, 5.41) is 12.3. The van der Waals surface area contributed by atoms with Gasteiger partial charge in [-0.2, -0.15) is 46.7 Å². The number of aromatic nitrogens is 6. The van der Waals surface area contributed by atoms with Crippen molar-refractivity contribution in [2.75, 3.05) is 83.7 Å². The molecule has 0 aliphatic carbocycles. The first-order valence-electron chi connectivity index (χ1n) is 19.2. The quantitative estimate of drug-likeness (QED) is 0.0495. The number of ether oxygens (including phenoxy) is 2. The molecule has 2 radical (unpaired) electrons. The molecule has 0 atom stereocenters. The van der Waals surface area contributed by atoms with Crippen LogP contribution in [0.15, 0.2) is 107 Å². The second-order valence-electron chi connectivity index (χ2n) is 13.8. The molecule has 0 amide bonds. The van der Waals surface area contributed by atoms with Crippen molar-refractivity contribution in [3.05, 3.63) is 108 Å². The first-order valence-corrected chi connectivity index (χ1v) is 22.1. The normalized spacial score (nSPS) is 14.3. The fourth-order valence-electron chi connectivity index (χ4n) is 6.45. The fraction of sp³-hybridized carbons (Fsp3) is 0.200. The van der Waals surface area contributed by atoms with E-state index in [0.29, 0.717) is 64.5 Å². The van der Waals surface area contributed by atoms with E-state index in [2.05, 4.69) is 51.2 Å². The molecule has 4 heterocycles. The van der Waals surface area contributed by atoms with Crippen LogP contribution in [-0.4, -0.2) is 168 Å². The van der Waals surface area contributed by atoms with E-state index in [1.807, 2.05) is 70.5 Å². The van der Waals surface area contributed by atoms with Crippen molar-refractivity contribution >= 4 is 150 Å². The van der Waals surface area contributed by atoms with Crippen molar-refractivity contribution < 1.29 is 35.4 Å². The maximum Gasteiger partial charge on any atom is 0.295 e. The second kappa shape index (κ2) is 21.9. The molecule has 0 saturated carbocycles. The van der Waals surface area contributed by atoms with Crippen LogP contribution in [0.25, 0.3) is 12.2 Å². The summed E-state index contributed by atoms with van der Waals surface area (Å²) in [6.45, 7) is 4.13. The second-order valence-corrected chi connectivity index (χ2v) is 16.6. The molecule has 20 nitrogen and oxygen atoms in total. The standard InChI is InChI=1S/C40H40N12O8S2.2Na/c53-61(54,55)33-25-31(43-37-45-35(41-29-7-3-1-4-8-29)47-39(49-37)51-17-21-59-22-18-51)15-13-27(33)11-12-28-14-16-32(26-34(28)62(56,57)58)44-38-46-36(42-30-9-5-2-6-10-30)48-40(50-38)52-19-23-60-24-20-52;;/h1-16,25-26H,17-24H2,(H,53,54,55)(H,56,57,58)(H2,41,43,45,47,49)(H2,42,44,46,48,50);;. The maximum atomic E-state index is 12.7. The third kappa shape index (κ3) is 12.9. The number of morpholine rings is 2. The van der Waals surface area contributed by atoms with Gasteiger partial charge in [0.2, 0.25) is 35.7 Å². The molecular weight excluding hydrogens is 887 g/mol. The summed E-state index contributed by atoms with van der Waals surface area (Å²) in [4.78, 5) is 30.1. The zero-order valence-corrected chi connectivity index (χ0v) is 40.4. The van der Waals surface area contributed by atoms with Gasteiger partial charge in [-0.15, -0.1) is 0 Å². The summed E-state index contributed by atoms with van der Waals surface area (Å²) >= 11 is 0. The van der Waals surface area contributed by atoms with Crippen LogP contribution in [0.5, 0.6) is 0 Å². The van der Waals surface area contributed by atoms with Crippen LogP contribution in [0.2, 0.25) is 0 Å². The minimum absolute atomic E-state index is 0. The van der Waals surface area contributed by atoms with E-state index in [1.54, 1.807) is 0 Å². The SMILES string of the molecule is O=S(=O)(O)c1cc(Nc2nc(Nc3ccccc3)nc(N3CCOCC3)n2)ccc1C=Cc1ccc(Nc2nc(Nc3ccccc3)nc(N3CCOCC3)n2)cc1S(=O)(=O)O.[Na].[Na]. The Morgan fingerprint density at radius 3 is 1.12 bits per heavy atom. The molecule has 0 spiro atoms. The molecule has 24 heteroatoms. The molecule has 2 aromatic heterocycles. The van der Waals surface area contributed by atoms with E-state index in [0.717, 1.165) is 11.4 Å². The Bertz CT molecular complexity index is 2620. The van der Waals surface area contributed by atoms with Gasteiger partial charge in [0, 0.05) is 108 Å². The Hall–Kier alpha value is -4.82. The fourth-order valence-corrected chi connectivity index (χ4v) is 7.87. The molecule has 0 bridgehead atoms. The molecule has 2 saturated heterocycles. The van der Waals surface area contributed by atoms with Crippen molar-refractivity contribution in [3.8, 4) is 0 Å². The molecule has 4 aromatic carbocycles. The van der Waals surface area contributed by atoms with Crippen LogP contribution in [0, 0.1) is 0 Å². The van der Waals surface area contributed by atoms with Crippen molar-refractivity contribution in [3.63, 3.8) is 0 Å². The van der Waals surface area contributed by atoms with Crippen LogP contribution in [0.4, 0.5) is 58.4 Å². The van der Waals surface area contributed by atoms with Crippen molar-refractivity contribution in [2.24, 2.45) is 0 Å². The van der Waals surface area contributed by atoms with Gasteiger partial charge in [0.05, 0.1) is 26.4 Å². The van der Waals surface area contributed by atoms with E-state index in [1.165, 1.54) is 48.6 Å². The van der Waals surface area contributed by atoms with Gasteiger partial charge < -0.3 is 40.5 Å². The number of para-hydroxylation sites is 2. The number of nitrogens with zero attached hydrogens (tertiary/aromatic N) is 8. The summed E-state index contributed by atoms with van der Waals surface area (Å²) < 4.78 is 82.5. The predicted octanol–water partition coefficient (Wildman–Crippen LogP) is 4.61. The number of rotatable bonds is 14. The average molecular weight is 927 g/mol. The molecule has 64 heavy (non-hydrogen) atoms. The minimum atomic E-state index is -4.83. The van der Waals surface area contributed by atoms with E-state index in [9.17, 15) is 25.9 Å². The summed E-state index contributed by atoms with van der Waals surface area (Å²) in [6, 6.07) is 26.8. The Balaban J connectivity index is 0.00000340. The number of hydrogen-bond acceptors (Lipinski definition) is 18. The molecule has 2 aliphatic rings. The van der Waals surface area contributed by atoms with Gasteiger partial charge in [0.25, 0.3) is 20.2 Å².